The molecule has 0 fully saturated rings. The maximum Gasteiger partial charge on any atom is 0.327 e. The van der Waals surface area contributed by atoms with Gasteiger partial charge in [0.1, 0.15) is 12.1 Å². The van der Waals surface area contributed by atoms with Crippen molar-refractivity contribution < 1.29 is 28.8 Å². The topological polar surface area (TPSA) is 147 Å². The summed E-state index contributed by atoms with van der Waals surface area (Å²) >= 11 is 0. The normalized spacial score (nSPS) is 15.5. The molecule has 5 N–H and O–H groups in total. The second kappa shape index (κ2) is 9.21. The smallest absolute Gasteiger partial charge is 0.327 e. The predicted molar refractivity (Wildman–Crippen MR) is 72.2 cm³/mol. The monoisotopic (exact) mass is 306 g/mol. The average Bonchev–Trinajstić information content (AvgIpc) is 2.35. The summed E-state index contributed by atoms with van der Waals surface area (Å²) in [6.45, 7) is 1.64. The third kappa shape index (κ3) is 7.64. The Bertz CT molecular complexity index is 423. The van der Waals surface area contributed by atoms with E-state index in [1.54, 1.807) is 6.92 Å². The molecular weight excluding hydrogens is 288 g/mol. The zero-order chi connectivity index (χ0) is 15.7. The van der Waals surface area contributed by atoms with Gasteiger partial charge in [0.15, 0.2) is 0 Å². The Morgan fingerprint density at radius 1 is 1.30 bits per heavy atom. The summed E-state index contributed by atoms with van der Waals surface area (Å²) in [4.78, 5) is 32.9. The minimum atomic E-state index is -1.50. The number of nitrogens with two attached hydrogens (primary N) is 1. The van der Waals surface area contributed by atoms with Crippen molar-refractivity contribution in [2.45, 2.75) is 31.8 Å². The first kappa shape index (κ1) is 18.3. The van der Waals surface area contributed by atoms with Crippen molar-refractivity contribution in [1.29, 1.82) is 0 Å². The Balaban J connectivity index is 4.38. The number of carboxylic acids is 2. The van der Waals surface area contributed by atoms with Crippen LogP contribution in [0.2, 0.25) is 0 Å². The molecule has 0 spiro atoms. The van der Waals surface area contributed by atoms with Gasteiger partial charge in [-0.2, -0.15) is 0 Å². The van der Waals surface area contributed by atoms with Crippen LogP contribution in [0.25, 0.3) is 0 Å². The lowest BCUT2D eigenvalue weighted by Gasteiger charge is -2.13. The summed E-state index contributed by atoms with van der Waals surface area (Å²) in [5.74, 6) is -3.44. The molecule has 9 heteroatoms. The van der Waals surface area contributed by atoms with Gasteiger partial charge in [-0.3, -0.25) is 13.8 Å². The van der Waals surface area contributed by atoms with Crippen molar-refractivity contribution in [1.82, 2.24) is 5.32 Å². The van der Waals surface area contributed by atoms with Gasteiger partial charge in [0.2, 0.25) is 5.91 Å². The molecule has 0 aromatic rings. The third-order valence-corrected chi connectivity index (χ3v) is 3.49. The molecule has 0 heterocycles. The van der Waals surface area contributed by atoms with E-state index in [0.29, 0.717) is 0 Å². The molecule has 0 aromatic heterocycles. The SMILES string of the molecule is C/C=C/S(=O)C[C@H](NC(=O)CC[C@H](N)C(=O)O)C(=O)O. The second-order valence-electron chi connectivity index (χ2n) is 3.96. The van der Waals surface area contributed by atoms with E-state index in [-0.39, 0.29) is 18.6 Å². The third-order valence-electron chi connectivity index (χ3n) is 2.25. The van der Waals surface area contributed by atoms with Gasteiger partial charge in [-0.15, -0.1) is 0 Å². The Morgan fingerprint density at radius 2 is 1.90 bits per heavy atom. The summed E-state index contributed by atoms with van der Waals surface area (Å²) in [5, 5.41) is 21.0. The summed E-state index contributed by atoms with van der Waals surface area (Å²) in [5.41, 5.74) is 5.22. The van der Waals surface area contributed by atoms with Gasteiger partial charge in [-0.05, 0) is 18.8 Å². The van der Waals surface area contributed by atoms with Gasteiger partial charge in [-0.1, -0.05) is 6.08 Å². The van der Waals surface area contributed by atoms with Crippen molar-refractivity contribution in [2.24, 2.45) is 5.73 Å². The van der Waals surface area contributed by atoms with Gasteiger partial charge in [0, 0.05) is 17.2 Å². The zero-order valence-corrected chi connectivity index (χ0v) is 11.8. The molecule has 0 aromatic carbocycles. The van der Waals surface area contributed by atoms with E-state index >= 15 is 0 Å². The largest absolute Gasteiger partial charge is 0.480 e. The van der Waals surface area contributed by atoms with Gasteiger partial charge in [-0.25, -0.2) is 4.79 Å². The molecule has 1 amide bonds. The predicted octanol–water partition coefficient (Wildman–Crippen LogP) is -0.970. The maximum absolute atomic E-state index is 11.5. The summed E-state index contributed by atoms with van der Waals surface area (Å²) < 4.78 is 11.4. The molecule has 0 bridgehead atoms. The van der Waals surface area contributed by atoms with Crippen LogP contribution in [-0.2, 0) is 25.2 Å². The average molecular weight is 306 g/mol. The van der Waals surface area contributed by atoms with Crippen LogP contribution in [0.5, 0.6) is 0 Å². The second-order valence-corrected chi connectivity index (χ2v) is 5.33. The summed E-state index contributed by atoms with van der Waals surface area (Å²) in [7, 11) is -1.50. The van der Waals surface area contributed by atoms with Crippen LogP contribution in [-0.4, -0.2) is 50.1 Å². The fourth-order valence-electron chi connectivity index (χ4n) is 1.22. The molecule has 0 aliphatic heterocycles. The molecule has 0 saturated heterocycles. The van der Waals surface area contributed by atoms with E-state index in [1.807, 2.05) is 0 Å². The molecule has 3 atom stereocenters. The first-order chi connectivity index (χ1) is 9.27. The van der Waals surface area contributed by atoms with Crippen LogP contribution >= 0.6 is 0 Å². The molecule has 0 aliphatic carbocycles. The van der Waals surface area contributed by atoms with Crippen LogP contribution in [0.3, 0.4) is 0 Å². The number of carboxylic acid groups (broad SMARTS) is 2. The van der Waals surface area contributed by atoms with E-state index < -0.39 is 40.7 Å². The van der Waals surface area contributed by atoms with E-state index in [2.05, 4.69) is 5.32 Å². The lowest BCUT2D eigenvalue weighted by atomic mass is 10.1. The van der Waals surface area contributed by atoms with Gasteiger partial charge in [0.25, 0.3) is 0 Å². The molecule has 114 valence electrons. The lowest BCUT2D eigenvalue weighted by Crippen LogP contribution is -2.44. The highest BCUT2D eigenvalue weighted by Gasteiger charge is 2.22. The molecule has 1 unspecified atom stereocenters. The van der Waals surface area contributed by atoms with Crippen LogP contribution < -0.4 is 11.1 Å². The first-order valence-corrected chi connectivity index (χ1v) is 7.16. The fraction of sp³-hybridized carbons (Fsp3) is 0.545. The number of hydrogen-bond acceptors (Lipinski definition) is 5. The highest BCUT2D eigenvalue weighted by atomic mass is 32.2. The molecular formula is C11H18N2O6S. The minimum absolute atomic E-state index is 0.106. The maximum atomic E-state index is 11.5. The number of carbonyl (C=O) groups excluding carboxylic acids is 1. The van der Waals surface area contributed by atoms with Gasteiger partial charge < -0.3 is 21.3 Å². The van der Waals surface area contributed by atoms with Crippen molar-refractivity contribution >= 4 is 28.6 Å². The highest BCUT2D eigenvalue weighted by Crippen LogP contribution is 1.98. The number of carbonyl (C=O) groups is 3. The van der Waals surface area contributed by atoms with Crippen molar-refractivity contribution in [2.75, 3.05) is 5.75 Å². The summed E-state index contributed by atoms with van der Waals surface area (Å²) in [6, 6.07) is -2.47. The molecule has 0 saturated carbocycles. The highest BCUT2D eigenvalue weighted by molar-refractivity contribution is 7.88. The first-order valence-electron chi connectivity index (χ1n) is 5.78. The molecule has 8 nitrogen and oxygen atoms in total. The molecule has 20 heavy (non-hydrogen) atoms. The lowest BCUT2D eigenvalue weighted by molar-refractivity contribution is -0.141. The fourth-order valence-corrected chi connectivity index (χ4v) is 2.19. The van der Waals surface area contributed by atoms with E-state index in [1.165, 1.54) is 11.5 Å². The quantitative estimate of drug-likeness (QED) is 0.428. The van der Waals surface area contributed by atoms with Crippen LogP contribution in [0.4, 0.5) is 0 Å². The number of allylic oxidation sites excluding steroid dienone is 1. The number of nitrogens with one attached hydrogen (secondary N) is 1. The Labute approximate surface area is 118 Å². The van der Waals surface area contributed by atoms with Crippen LogP contribution in [0, 0.1) is 0 Å². The Hall–Kier alpha value is -1.74. The molecule has 0 rings (SSSR count). The molecule has 0 aliphatic rings. The van der Waals surface area contributed by atoms with Crippen LogP contribution in [0.1, 0.15) is 19.8 Å². The van der Waals surface area contributed by atoms with Crippen molar-refractivity contribution in [3.05, 3.63) is 11.5 Å². The standard InChI is InChI=1S/C11H18N2O6S/c1-2-5-20(19)6-8(11(17)18)13-9(14)4-3-7(12)10(15)16/h2,5,7-8H,3-4,6,12H2,1H3,(H,13,14)(H,15,16)(H,17,18)/b5-2+/t7-,8-,20?/m0/s1. The number of aliphatic carboxylic acids is 2. The van der Waals surface area contributed by atoms with E-state index in [4.69, 9.17) is 15.9 Å². The number of amides is 1. The summed E-state index contributed by atoms with van der Waals surface area (Å²) in [6.07, 6.45) is 1.20. The minimum Gasteiger partial charge on any atom is -0.480 e. The van der Waals surface area contributed by atoms with E-state index in [0.717, 1.165) is 0 Å². The number of hydrogen-bond donors (Lipinski definition) is 4. The molecule has 0 radical (unpaired) electrons. The Kier molecular flexibility index (Phi) is 8.41. The van der Waals surface area contributed by atoms with Crippen molar-refractivity contribution in [3.63, 3.8) is 0 Å². The Morgan fingerprint density at radius 3 is 2.35 bits per heavy atom. The van der Waals surface area contributed by atoms with E-state index in [9.17, 15) is 18.6 Å². The van der Waals surface area contributed by atoms with Gasteiger partial charge in [0.05, 0.1) is 5.75 Å². The van der Waals surface area contributed by atoms with Crippen LogP contribution in [0.15, 0.2) is 11.5 Å². The van der Waals surface area contributed by atoms with Gasteiger partial charge >= 0.3 is 11.9 Å². The number of rotatable bonds is 9. The van der Waals surface area contributed by atoms with Crippen molar-refractivity contribution in [3.8, 4) is 0 Å². The zero-order valence-electron chi connectivity index (χ0n) is 10.9.